The molecule has 4 nitrogen and oxygen atoms in total. The smallest absolute Gasteiger partial charge is 0.239 e. The second-order valence-corrected chi connectivity index (χ2v) is 1.87. The first kappa shape index (κ1) is 9.23. The molecule has 1 heterocycles. The van der Waals surface area contributed by atoms with Crippen molar-refractivity contribution in [3.05, 3.63) is 6.33 Å². The SMILES string of the molecule is CCCn1cnc(N)n1.Cl. The highest BCUT2D eigenvalue weighted by atomic mass is 35.5. The van der Waals surface area contributed by atoms with E-state index < -0.39 is 0 Å². The maximum atomic E-state index is 5.27. The highest BCUT2D eigenvalue weighted by Crippen LogP contribution is 1.90. The number of aromatic nitrogens is 3. The number of hydrogen-bond acceptors (Lipinski definition) is 3. The largest absolute Gasteiger partial charge is 0.367 e. The second-order valence-electron chi connectivity index (χ2n) is 1.87. The second kappa shape index (κ2) is 4.11. The number of rotatable bonds is 2. The van der Waals surface area contributed by atoms with Crippen molar-refractivity contribution in [2.45, 2.75) is 19.9 Å². The van der Waals surface area contributed by atoms with E-state index in [1.54, 1.807) is 11.0 Å². The lowest BCUT2D eigenvalue weighted by atomic mass is 10.5. The molecule has 0 aliphatic carbocycles. The van der Waals surface area contributed by atoms with Crippen LogP contribution in [0.1, 0.15) is 13.3 Å². The molecule has 10 heavy (non-hydrogen) atoms. The van der Waals surface area contributed by atoms with Crippen LogP contribution in [0.3, 0.4) is 0 Å². The summed E-state index contributed by atoms with van der Waals surface area (Å²) in [5.74, 6) is 0.350. The molecule has 5 heteroatoms. The summed E-state index contributed by atoms with van der Waals surface area (Å²) in [6.07, 6.45) is 2.70. The van der Waals surface area contributed by atoms with Crippen LogP contribution < -0.4 is 5.73 Å². The van der Waals surface area contributed by atoms with Gasteiger partial charge in [0.1, 0.15) is 6.33 Å². The fourth-order valence-electron chi connectivity index (χ4n) is 0.646. The third-order valence-corrected chi connectivity index (χ3v) is 1.01. The van der Waals surface area contributed by atoms with Gasteiger partial charge in [-0.1, -0.05) is 6.92 Å². The molecule has 0 fully saturated rings. The van der Waals surface area contributed by atoms with Crippen LogP contribution in [0.25, 0.3) is 0 Å². The number of aryl methyl sites for hydroxylation is 1. The standard InChI is InChI=1S/C5H10N4.ClH/c1-2-3-9-4-7-5(6)8-9;/h4H,2-3H2,1H3,(H2,6,8);1H. The summed E-state index contributed by atoms with van der Waals surface area (Å²) >= 11 is 0. The van der Waals surface area contributed by atoms with Gasteiger partial charge < -0.3 is 5.73 Å². The van der Waals surface area contributed by atoms with Crippen LogP contribution in [0.4, 0.5) is 5.95 Å². The monoisotopic (exact) mass is 162 g/mol. The lowest BCUT2D eigenvalue weighted by molar-refractivity contribution is 0.603. The Morgan fingerprint density at radius 3 is 2.80 bits per heavy atom. The Hall–Kier alpha value is -0.770. The number of nitrogens with two attached hydrogens (primary N) is 1. The highest BCUT2D eigenvalue weighted by Gasteiger charge is 1.90. The molecule has 0 spiro atoms. The predicted octanol–water partition coefficient (Wildman–Crippen LogP) is 0.692. The van der Waals surface area contributed by atoms with Crippen LogP contribution in [0.15, 0.2) is 6.33 Å². The Balaban J connectivity index is 0.000000810. The third-order valence-electron chi connectivity index (χ3n) is 1.01. The Morgan fingerprint density at radius 1 is 1.70 bits per heavy atom. The van der Waals surface area contributed by atoms with Crippen LogP contribution in [0.5, 0.6) is 0 Å². The minimum absolute atomic E-state index is 0. The lowest BCUT2D eigenvalue weighted by Gasteiger charge is -1.91. The van der Waals surface area contributed by atoms with Crippen LogP contribution in [-0.2, 0) is 6.54 Å². The average molecular weight is 163 g/mol. The number of halogens is 1. The molecule has 0 unspecified atom stereocenters. The molecular weight excluding hydrogens is 152 g/mol. The van der Waals surface area contributed by atoms with Crippen LogP contribution >= 0.6 is 12.4 Å². The zero-order chi connectivity index (χ0) is 6.69. The van der Waals surface area contributed by atoms with Crippen molar-refractivity contribution in [2.24, 2.45) is 0 Å². The van der Waals surface area contributed by atoms with E-state index >= 15 is 0 Å². The number of nitrogen functional groups attached to an aromatic ring is 1. The van der Waals surface area contributed by atoms with E-state index in [4.69, 9.17) is 5.73 Å². The van der Waals surface area contributed by atoms with Crippen LogP contribution in [0.2, 0.25) is 0 Å². The number of hydrogen-bond donors (Lipinski definition) is 1. The van der Waals surface area contributed by atoms with Gasteiger partial charge in [0.05, 0.1) is 0 Å². The van der Waals surface area contributed by atoms with Gasteiger partial charge in [0.15, 0.2) is 0 Å². The zero-order valence-electron chi connectivity index (χ0n) is 5.82. The van der Waals surface area contributed by atoms with E-state index in [0.717, 1.165) is 13.0 Å². The van der Waals surface area contributed by atoms with E-state index in [2.05, 4.69) is 17.0 Å². The summed E-state index contributed by atoms with van der Waals surface area (Å²) in [6.45, 7) is 2.97. The Bertz CT molecular complexity index is 186. The Kier molecular flexibility index (Phi) is 3.79. The summed E-state index contributed by atoms with van der Waals surface area (Å²) in [6, 6.07) is 0. The van der Waals surface area contributed by atoms with Crippen molar-refractivity contribution in [1.29, 1.82) is 0 Å². The molecule has 0 bridgehead atoms. The van der Waals surface area contributed by atoms with Crippen molar-refractivity contribution in [3.63, 3.8) is 0 Å². The van der Waals surface area contributed by atoms with Gasteiger partial charge in [0.2, 0.25) is 5.95 Å². The molecule has 0 saturated heterocycles. The molecule has 0 aliphatic rings. The van der Waals surface area contributed by atoms with Gasteiger partial charge in [0.25, 0.3) is 0 Å². The minimum atomic E-state index is 0. The van der Waals surface area contributed by atoms with Gasteiger partial charge in [-0.2, -0.15) is 0 Å². The van der Waals surface area contributed by atoms with E-state index in [0.29, 0.717) is 5.95 Å². The quantitative estimate of drug-likeness (QED) is 0.696. The fraction of sp³-hybridized carbons (Fsp3) is 0.600. The van der Waals surface area contributed by atoms with Crippen molar-refractivity contribution in [2.75, 3.05) is 5.73 Å². The Labute approximate surface area is 65.8 Å². The summed E-state index contributed by atoms with van der Waals surface area (Å²) < 4.78 is 1.73. The van der Waals surface area contributed by atoms with Crippen LogP contribution in [0, 0.1) is 0 Å². The van der Waals surface area contributed by atoms with E-state index in [-0.39, 0.29) is 12.4 Å². The normalized spacial score (nSPS) is 8.90. The summed E-state index contributed by atoms with van der Waals surface area (Å²) in [7, 11) is 0. The minimum Gasteiger partial charge on any atom is -0.367 e. The molecule has 0 aromatic carbocycles. The summed E-state index contributed by atoms with van der Waals surface area (Å²) in [5.41, 5.74) is 5.27. The van der Waals surface area contributed by atoms with Gasteiger partial charge in [-0.25, -0.2) is 4.98 Å². The highest BCUT2D eigenvalue weighted by molar-refractivity contribution is 5.85. The van der Waals surface area contributed by atoms with Gasteiger partial charge in [-0.3, -0.25) is 4.68 Å². The zero-order valence-corrected chi connectivity index (χ0v) is 6.64. The first-order chi connectivity index (χ1) is 4.33. The van der Waals surface area contributed by atoms with Crippen molar-refractivity contribution < 1.29 is 0 Å². The first-order valence-corrected chi connectivity index (χ1v) is 2.98. The predicted molar refractivity (Wildman–Crippen MR) is 42.0 cm³/mol. The molecule has 1 rings (SSSR count). The third kappa shape index (κ3) is 2.23. The van der Waals surface area contributed by atoms with E-state index in [1.165, 1.54) is 0 Å². The summed E-state index contributed by atoms with van der Waals surface area (Å²) in [4.78, 5) is 3.76. The van der Waals surface area contributed by atoms with Crippen molar-refractivity contribution in [1.82, 2.24) is 14.8 Å². The van der Waals surface area contributed by atoms with Crippen molar-refractivity contribution >= 4 is 18.4 Å². The topological polar surface area (TPSA) is 56.7 Å². The molecule has 0 amide bonds. The van der Waals surface area contributed by atoms with Gasteiger partial charge >= 0.3 is 0 Å². The van der Waals surface area contributed by atoms with Gasteiger partial charge in [-0.05, 0) is 6.42 Å². The molecular formula is C5H11ClN4. The maximum absolute atomic E-state index is 5.27. The molecule has 58 valence electrons. The number of anilines is 1. The van der Waals surface area contributed by atoms with E-state index in [9.17, 15) is 0 Å². The number of nitrogens with zero attached hydrogens (tertiary/aromatic N) is 3. The fourth-order valence-corrected chi connectivity index (χ4v) is 0.646. The average Bonchev–Trinajstić information content (AvgIpc) is 2.17. The van der Waals surface area contributed by atoms with Gasteiger partial charge in [-0.15, -0.1) is 17.5 Å². The van der Waals surface area contributed by atoms with E-state index in [1.807, 2.05) is 0 Å². The molecule has 0 saturated carbocycles. The van der Waals surface area contributed by atoms with Gasteiger partial charge in [0, 0.05) is 6.54 Å². The molecule has 1 aromatic rings. The molecule has 0 aliphatic heterocycles. The van der Waals surface area contributed by atoms with Crippen LogP contribution in [-0.4, -0.2) is 14.8 Å². The maximum Gasteiger partial charge on any atom is 0.239 e. The summed E-state index contributed by atoms with van der Waals surface area (Å²) in [5, 5.41) is 3.88. The van der Waals surface area contributed by atoms with Crippen molar-refractivity contribution in [3.8, 4) is 0 Å². The first-order valence-electron chi connectivity index (χ1n) is 2.98. The molecule has 0 atom stereocenters. The lowest BCUT2D eigenvalue weighted by Crippen LogP contribution is -1.97. The Morgan fingerprint density at radius 2 is 2.40 bits per heavy atom. The molecule has 2 N–H and O–H groups in total. The molecule has 0 radical (unpaired) electrons. The molecule has 1 aromatic heterocycles.